The maximum absolute atomic E-state index is 12.7. The van der Waals surface area contributed by atoms with E-state index in [1.807, 2.05) is 9.80 Å². The molecule has 0 saturated carbocycles. The molecule has 2 saturated heterocycles. The van der Waals surface area contributed by atoms with Crippen molar-refractivity contribution in [3.05, 3.63) is 29.3 Å². The second-order valence-corrected chi connectivity index (χ2v) is 8.99. The van der Waals surface area contributed by atoms with Crippen molar-refractivity contribution in [3.63, 3.8) is 0 Å². The van der Waals surface area contributed by atoms with Gasteiger partial charge in [-0.05, 0) is 55.8 Å². The lowest BCUT2D eigenvalue weighted by atomic mass is 9.95. The molecule has 0 aliphatic carbocycles. The number of nitrogens with zero attached hydrogens (tertiary/aromatic N) is 3. The fraction of sp³-hybridized carbons (Fsp3) is 0.708. The summed E-state index contributed by atoms with van der Waals surface area (Å²) in [4.78, 5) is 19.3. The van der Waals surface area contributed by atoms with Gasteiger partial charge in [-0.25, -0.2) is 4.79 Å². The highest BCUT2D eigenvalue weighted by atomic mass is 16.5. The summed E-state index contributed by atoms with van der Waals surface area (Å²) in [6.07, 6.45) is 4.30. The molecule has 166 valence electrons. The van der Waals surface area contributed by atoms with Crippen LogP contribution >= 0.6 is 0 Å². The Hall–Kier alpha value is -1.79. The molecule has 3 aliphatic heterocycles. The molecule has 1 unspecified atom stereocenters. The van der Waals surface area contributed by atoms with Gasteiger partial charge in [0, 0.05) is 45.2 Å². The third-order valence-corrected chi connectivity index (χ3v) is 6.98. The third kappa shape index (κ3) is 5.09. The Labute approximate surface area is 181 Å². The second kappa shape index (κ2) is 10.0. The smallest absolute Gasteiger partial charge is 0.320 e. The summed E-state index contributed by atoms with van der Waals surface area (Å²) in [6.45, 7) is 12.2. The van der Waals surface area contributed by atoms with Gasteiger partial charge in [0.05, 0.1) is 19.8 Å². The van der Waals surface area contributed by atoms with Gasteiger partial charge in [-0.1, -0.05) is 19.1 Å². The lowest BCUT2D eigenvalue weighted by molar-refractivity contribution is 0.0387. The van der Waals surface area contributed by atoms with Crippen molar-refractivity contribution in [2.75, 3.05) is 59.1 Å². The SMILES string of the molecule is CCN(CC1CCN(C(=O)N2CCOCC2)CC1)C(C)Cc1ccc2c(c1)OCC2. The predicted molar refractivity (Wildman–Crippen MR) is 118 cm³/mol. The molecule has 2 amide bonds. The Morgan fingerprint density at radius 1 is 1.13 bits per heavy atom. The molecule has 1 aromatic rings. The van der Waals surface area contributed by atoms with E-state index in [-0.39, 0.29) is 6.03 Å². The van der Waals surface area contributed by atoms with Crippen LogP contribution in [-0.2, 0) is 17.6 Å². The number of hydrogen-bond donors (Lipinski definition) is 0. The molecule has 3 heterocycles. The molecule has 0 N–H and O–H groups in total. The lowest BCUT2D eigenvalue weighted by Gasteiger charge is -2.39. The number of likely N-dealkylation sites (tertiary alicyclic amines) is 1. The summed E-state index contributed by atoms with van der Waals surface area (Å²) in [5.41, 5.74) is 2.71. The summed E-state index contributed by atoms with van der Waals surface area (Å²) >= 11 is 0. The number of amides is 2. The first-order valence-corrected chi connectivity index (χ1v) is 11.7. The van der Waals surface area contributed by atoms with Gasteiger partial charge in [-0.3, -0.25) is 0 Å². The fourth-order valence-corrected chi connectivity index (χ4v) is 5.02. The van der Waals surface area contributed by atoms with Crippen molar-refractivity contribution < 1.29 is 14.3 Å². The highest BCUT2D eigenvalue weighted by Crippen LogP contribution is 2.27. The van der Waals surface area contributed by atoms with Gasteiger partial charge in [0.15, 0.2) is 0 Å². The second-order valence-electron chi connectivity index (χ2n) is 8.99. The number of fused-ring (bicyclic) bond motifs is 1. The quantitative estimate of drug-likeness (QED) is 0.716. The maximum Gasteiger partial charge on any atom is 0.320 e. The molecule has 3 aliphatic rings. The number of piperidine rings is 1. The van der Waals surface area contributed by atoms with E-state index in [0.29, 0.717) is 25.2 Å². The van der Waals surface area contributed by atoms with Crippen LogP contribution in [0.2, 0.25) is 0 Å². The van der Waals surface area contributed by atoms with Crippen molar-refractivity contribution >= 4 is 6.03 Å². The first kappa shape index (κ1) is 21.4. The van der Waals surface area contributed by atoms with Crippen LogP contribution in [-0.4, -0.2) is 85.9 Å². The first-order chi connectivity index (χ1) is 14.6. The number of rotatable bonds is 6. The number of likely N-dealkylation sites (N-methyl/N-ethyl adjacent to an activating group) is 1. The van der Waals surface area contributed by atoms with E-state index < -0.39 is 0 Å². The number of ether oxygens (including phenoxy) is 2. The Bertz CT molecular complexity index is 712. The van der Waals surface area contributed by atoms with Gasteiger partial charge in [0.25, 0.3) is 0 Å². The van der Waals surface area contributed by atoms with Crippen LogP contribution in [0.3, 0.4) is 0 Å². The van der Waals surface area contributed by atoms with E-state index >= 15 is 0 Å². The van der Waals surface area contributed by atoms with Gasteiger partial charge in [0.1, 0.15) is 5.75 Å². The molecule has 6 nitrogen and oxygen atoms in total. The number of morpholine rings is 1. The van der Waals surface area contributed by atoms with Crippen LogP contribution in [0.5, 0.6) is 5.75 Å². The van der Waals surface area contributed by atoms with Crippen LogP contribution in [0.1, 0.15) is 37.8 Å². The first-order valence-electron chi connectivity index (χ1n) is 11.7. The average molecular weight is 416 g/mol. The molecule has 30 heavy (non-hydrogen) atoms. The summed E-state index contributed by atoms with van der Waals surface area (Å²) in [5.74, 6) is 1.75. The number of hydrogen-bond acceptors (Lipinski definition) is 4. The zero-order chi connectivity index (χ0) is 20.9. The largest absolute Gasteiger partial charge is 0.493 e. The van der Waals surface area contributed by atoms with Gasteiger partial charge in [0.2, 0.25) is 0 Å². The van der Waals surface area contributed by atoms with E-state index in [0.717, 1.165) is 77.3 Å². The van der Waals surface area contributed by atoms with E-state index in [9.17, 15) is 4.79 Å². The van der Waals surface area contributed by atoms with Crippen LogP contribution in [0.4, 0.5) is 4.79 Å². The minimum Gasteiger partial charge on any atom is -0.493 e. The standard InChI is InChI=1S/C24H37N3O3/c1-3-25(19(2)16-21-4-5-22-8-13-30-23(22)17-21)18-20-6-9-26(10-7-20)24(28)27-11-14-29-15-12-27/h4-5,17,19-20H,3,6-16,18H2,1-2H3. The summed E-state index contributed by atoms with van der Waals surface area (Å²) in [6, 6.07) is 7.46. The third-order valence-electron chi connectivity index (χ3n) is 6.98. The highest BCUT2D eigenvalue weighted by Gasteiger charge is 2.28. The predicted octanol–water partition coefficient (Wildman–Crippen LogP) is 3.04. The minimum atomic E-state index is 0.205. The lowest BCUT2D eigenvalue weighted by Crippen LogP contribution is -2.51. The van der Waals surface area contributed by atoms with E-state index in [2.05, 4.69) is 36.9 Å². The van der Waals surface area contributed by atoms with Crippen LogP contribution in [0, 0.1) is 5.92 Å². The Morgan fingerprint density at radius 2 is 1.87 bits per heavy atom. The molecule has 1 atom stereocenters. The molecular formula is C24H37N3O3. The van der Waals surface area contributed by atoms with Gasteiger partial charge in [-0.2, -0.15) is 0 Å². The molecule has 4 rings (SSSR count). The van der Waals surface area contributed by atoms with Crippen molar-refractivity contribution in [1.82, 2.24) is 14.7 Å². The monoisotopic (exact) mass is 415 g/mol. The number of carbonyl (C=O) groups excluding carboxylic acids is 1. The molecule has 0 spiro atoms. The molecule has 0 radical (unpaired) electrons. The molecular weight excluding hydrogens is 378 g/mol. The normalized spacial score (nSPS) is 20.9. The molecule has 0 aromatic heterocycles. The van der Waals surface area contributed by atoms with Crippen LogP contribution < -0.4 is 4.74 Å². The van der Waals surface area contributed by atoms with E-state index in [1.54, 1.807) is 0 Å². The fourth-order valence-electron chi connectivity index (χ4n) is 5.02. The zero-order valence-corrected chi connectivity index (χ0v) is 18.6. The summed E-state index contributed by atoms with van der Waals surface area (Å²) in [7, 11) is 0. The summed E-state index contributed by atoms with van der Waals surface area (Å²) in [5, 5.41) is 0. The Kier molecular flexibility index (Phi) is 7.16. The van der Waals surface area contributed by atoms with Gasteiger partial charge >= 0.3 is 6.03 Å². The van der Waals surface area contributed by atoms with Crippen molar-refractivity contribution in [2.45, 2.75) is 45.6 Å². The van der Waals surface area contributed by atoms with Gasteiger partial charge < -0.3 is 24.2 Å². The van der Waals surface area contributed by atoms with E-state index in [1.165, 1.54) is 11.1 Å². The van der Waals surface area contributed by atoms with Crippen molar-refractivity contribution in [2.24, 2.45) is 5.92 Å². The number of benzene rings is 1. The summed E-state index contributed by atoms with van der Waals surface area (Å²) < 4.78 is 11.1. The Balaban J connectivity index is 1.25. The molecule has 2 fully saturated rings. The topological polar surface area (TPSA) is 45.2 Å². The maximum atomic E-state index is 12.7. The zero-order valence-electron chi connectivity index (χ0n) is 18.6. The average Bonchev–Trinajstić information content (AvgIpc) is 3.26. The Morgan fingerprint density at radius 3 is 2.60 bits per heavy atom. The molecule has 1 aromatic carbocycles. The van der Waals surface area contributed by atoms with Crippen molar-refractivity contribution in [3.8, 4) is 5.75 Å². The van der Waals surface area contributed by atoms with Crippen LogP contribution in [0.15, 0.2) is 18.2 Å². The number of urea groups is 1. The van der Waals surface area contributed by atoms with Crippen molar-refractivity contribution in [1.29, 1.82) is 0 Å². The minimum absolute atomic E-state index is 0.205. The highest BCUT2D eigenvalue weighted by molar-refractivity contribution is 5.74. The molecule has 0 bridgehead atoms. The van der Waals surface area contributed by atoms with E-state index in [4.69, 9.17) is 9.47 Å². The van der Waals surface area contributed by atoms with Crippen LogP contribution in [0.25, 0.3) is 0 Å². The molecule has 6 heteroatoms. The van der Waals surface area contributed by atoms with Gasteiger partial charge in [-0.15, -0.1) is 0 Å². The number of carbonyl (C=O) groups is 1.